The number of thioether (sulfide) groups is 1. The smallest absolute Gasteiger partial charge is 0.338 e. The summed E-state index contributed by atoms with van der Waals surface area (Å²) in [6, 6.07) is 14.1. The number of para-hydroxylation sites is 1. The predicted octanol–water partition coefficient (Wildman–Crippen LogP) is 4.63. The second kappa shape index (κ2) is 11.8. The van der Waals surface area contributed by atoms with Gasteiger partial charge in [-0.2, -0.15) is 11.8 Å². The Labute approximate surface area is 198 Å². The van der Waals surface area contributed by atoms with E-state index in [0.29, 0.717) is 22.7 Å². The van der Waals surface area contributed by atoms with Gasteiger partial charge in [0.1, 0.15) is 11.3 Å². The SMILES string of the molecule is CCCN[C@@H](CCSC)C(=O)Nc1cc(N(C)c2cc(=O)oc3ccccc23)ccc1OC. The van der Waals surface area contributed by atoms with Crippen LogP contribution in [0.5, 0.6) is 5.75 Å². The van der Waals surface area contributed by atoms with E-state index in [0.717, 1.165) is 36.2 Å². The van der Waals surface area contributed by atoms with Crippen LogP contribution >= 0.6 is 11.8 Å². The average Bonchev–Trinajstić information content (AvgIpc) is 2.83. The third-order valence-corrected chi connectivity index (χ3v) is 6.03. The molecular weight excluding hydrogens is 438 g/mol. The topological polar surface area (TPSA) is 83.8 Å². The molecule has 0 aliphatic heterocycles. The Morgan fingerprint density at radius 1 is 1.21 bits per heavy atom. The summed E-state index contributed by atoms with van der Waals surface area (Å²) < 4.78 is 10.8. The number of hydrogen-bond donors (Lipinski definition) is 2. The van der Waals surface area contributed by atoms with Gasteiger partial charge in [-0.25, -0.2) is 4.79 Å². The molecule has 0 unspecified atom stereocenters. The van der Waals surface area contributed by atoms with E-state index in [4.69, 9.17) is 9.15 Å². The largest absolute Gasteiger partial charge is 0.495 e. The first-order chi connectivity index (χ1) is 16.0. The Morgan fingerprint density at radius 2 is 2.00 bits per heavy atom. The zero-order chi connectivity index (χ0) is 23.8. The van der Waals surface area contributed by atoms with Gasteiger partial charge < -0.3 is 24.7 Å². The number of rotatable bonds is 11. The van der Waals surface area contributed by atoms with Gasteiger partial charge in [-0.05, 0) is 61.7 Å². The second-order valence-corrected chi connectivity index (χ2v) is 8.65. The number of carbonyl (C=O) groups excluding carboxylic acids is 1. The van der Waals surface area contributed by atoms with Crippen LogP contribution in [0.25, 0.3) is 11.0 Å². The standard InChI is InChI=1S/C25H31N3O4S/c1-5-13-26-19(12-14-33-4)25(30)27-20-15-17(10-11-23(20)31-3)28(2)21-16-24(29)32-22-9-7-6-8-18(21)22/h6-11,15-16,19,26H,5,12-14H2,1-4H3,(H,27,30)/t19-/m0/s1. The van der Waals surface area contributed by atoms with E-state index in [2.05, 4.69) is 17.6 Å². The highest BCUT2D eigenvalue weighted by Crippen LogP contribution is 2.34. The first-order valence-corrected chi connectivity index (χ1v) is 12.4. The third kappa shape index (κ3) is 6.09. The van der Waals surface area contributed by atoms with E-state index in [1.807, 2.05) is 54.6 Å². The Hall–Kier alpha value is -2.97. The fraction of sp³-hybridized carbons (Fsp3) is 0.360. The molecule has 3 rings (SSSR count). The van der Waals surface area contributed by atoms with Crippen LogP contribution in [0, 0.1) is 0 Å². The zero-order valence-corrected chi connectivity index (χ0v) is 20.3. The van der Waals surface area contributed by atoms with E-state index < -0.39 is 5.63 Å². The van der Waals surface area contributed by atoms with Crippen molar-refractivity contribution in [2.45, 2.75) is 25.8 Å². The molecule has 0 fully saturated rings. The maximum Gasteiger partial charge on any atom is 0.338 e. The first-order valence-electron chi connectivity index (χ1n) is 11.0. The molecule has 176 valence electrons. The number of nitrogens with one attached hydrogen (secondary N) is 2. The van der Waals surface area contributed by atoms with Crippen LogP contribution in [0.2, 0.25) is 0 Å². The summed E-state index contributed by atoms with van der Waals surface area (Å²) in [5.41, 5.74) is 2.19. The lowest BCUT2D eigenvalue weighted by Gasteiger charge is -2.23. The third-order valence-electron chi connectivity index (χ3n) is 5.39. The molecule has 33 heavy (non-hydrogen) atoms. The maximum atomic E-state index is 13.1. The minimum atomic E-state index is -0.420. The van der Waals surface area contributed by atoms with Gasteiger partial charge in [0, 0.05) is 24.2 Å². The molecule has 0 saturated heterocycles. The average molecular weight is 470 g/mol. The summed E-state index contributed by atoms with van der Waals surface area (Å²) in [6.07, 6.45) is 3.72. The summed E-state index contributed by atoms with van der Waals surface area (Å²) >= 11 is 1.72. The summed E-state index contributed by atoms with van der Waals surface area (Å²) in [5.74, 6) is 1.36. The zero-order valence-electron chi connectivity index (χ0n) is 19.5. The fourth-order valence-corrected chi connectivity index (χ4v) is 4.08. The molecule has 1 atom stereocenters. The molecule has 0 saturated carbocycles. The van der Waals surface area contributed by atoms with Gasteiger partial charge in [-0.1, -0.05) is 19.1 Å². The normalized spacial score (nSPS) is 11.9. The Kier molecular flexibility index (Phi) is 8.79. The number of benzene rings is 2. The molecule has 0 spiro atoms. The van der Waals surface area contributed by atoms with E-state index in [1.165, 1.54) is 6.07 Å². The van der Waals surface area contributed by atoms with Gasteiger partial charge in [0.2, 0.25) is 5.91 Å². The predicted molar refractivity (Wildman–Crippen MR) is 137 cm³/mol. The highest BCUT2D eigenvalue weighted by Gasteiger charge is 2.20. The molecule has 0 aliphatic carbocycles. The van der Waals surface area contributed by atoms with Gasteiger partial charge in [-0.15, -0.1) is 0 Å². The molecule has 2 N–H and O–H groups in total. The van der Waals surface area contributed by atoms with Crippen molar-refractivity contribution in [3.63, 3.8) is 0 Å². The van der Waals surface area contributed by atoms with Crippen molar-refractivity contribution in [2.24, 2.45) is 0 Å². The molecule has 3 aromatic rings. The van der Waals surface area contributed by atoms with E-state index in [1.54, 1.807) is 24.9 Å². The number of ether oxygens (including phenoxy) is 1. The highest BCUT2D eigenvalue weighted by atomic mass is 32.2. The van der Waals surface area contributed by atoms with Crippen molar-refractivity contribution in [1.82, 2.24) is 5.32 Å². The van der Waals surface area contributed by atoms with Crippen LogP contribution in [0.3, 0.4) is 0 Å². The lowest BCUT2D eigenvalue weighted by Crippen LogP contribution is -2.41. The van der Waals surface area contributed by atoms with Crippen LogP contribution in [0.4, 0.5) is 17.1 Å². The van der Waals surface area contributed by atoms with Crippen molar-refractivity contribution in [3.05, 3.63) is 59.0 Å². The summed E-state index contributed by atoms with van der Waals surface area (Å²) in [7, 11) is 3.45. The number of carbonyl (C=O) groups is 1. The Balaban J connectivity index is 1.92. The number of methoxy groups -OCH3 is 1. The van der Waals surface area contributed by atoms with Gasteiger partial charge in [0.05, 0.1) is 24.5 Å². The van der Waals surface area contributed by atoms with Crippen molar-refractivity contribution in [1.29, 1.82) is 0 Å². The first kappa shape index (κ1) is 24.7. The highest BCUT2D eigenvalue weighted by molar-refractivity contribution is 7.98. The van der Waals surface area contributed by atoms with Crippen LogP contribution in [0.15, 0.2) is 57.7 Å². The van der Waals surface area contributed by atoms with E-state index in [9.17, 15) is 9.59 Å². The van der Waals surface area contributed by atoms with Gasteiger partial charge >= 0.3 is 5.63 Å². The monoisotopic (exact) mass is 469 g/mol. The van der Waals surface area contributed by atoms with Crippen LogP contribution in [-0.4, -0.2) is 44.7 Å². The lowest BCUT2D eigenvalue weighted by molar-refractivity contribution is -0.118. The molecule has 0 radical (unpaired) electrons. The molecule has 0 bridgehead atoms. The van der Waals surface area contributed by atoms with Gasteiger partial charge in [0.25, 0.3) is 0 Å². The van der Waals surface area contributed by atoms with E-state index in [-0.39, 0.29) is 11.9 Å². The number of hydrogen-bond acceptors (Lipinski definition) is 7. The summed E-state index contributed by atoms with van der Waals surface area (Å²) in [4.78, 5) is 27.1. The fourth-order valence-electron chi connectivity index (χ4n) is 3.61. The summed E-state index contributed by atoms with van der Waals surface area (Å²) in [5, 5.41) is 7.18. The minimum absolute atomic E-state index is 0.0959. The van der Waals surface area contributed by atoms with Gasteiger partial charge in [-0.3, -0.25) is 4.79 Å². The van der Waals surface area contributed by atoms with Crippen LogP contribution in [0.1, 0.15) is 19.8 Å². The molecule has 1 amide bonds. The van der Waals surface area contributed by atoms with Crippen LogP contribution < -0.4 is 25.9 Å². The van der Waals surface area contributed by atoms with Gasteiger partial charge in [0.15, 0.2) is 0 Å². The number of nitrogens with zero attached hydrogens (tertiary/aromatic N) is 1. The molecule has 1 heterocycles. The number of fused-ring (bicyclic) bond motifs is 1. The lowest BCUT2D eigenvalue weighted by atomic mass is 10.1. The van der Waals surface area contributed by atoms with E-state index >= 15 is 0 Å². The molecule has 1 aromatic heterocycles. The minimum Gasteiger partial charge on any atom is -0.495 e. The van der Waals surface area contributed by atoms with Crippen molar-refractivity contribution >= 4 is 45.7 Å². The van der Waals surface area contributed by atoms with Crippen molar-refractivity contribution in [2.75, 3.05) is 42.9 Å². The number of anilines is 3. The van der Waals surface area contributed by atoms with Crippen molar-refractivity contribution < 1.29 is 13.9 Å². The number of amides is 1. The quantitative estimate of drug-likeness (QED) is 0.396. The van der Waals surface area contributed by atoms with Crippen molar-refractivity contribution in [3.8, 4) is 5.75 Å². The molecule has 0 aliphatic rings. The molecular formula is C25H31N3O4S. The molecule has 2 aromatic carbocycles. The maximum absolute atomic E-state index is 13.1. The summed E-state index contributed by atoms with van der Waals surface area (Å²) in [6.45, 7) is 2.85. The Bertz CT molecular complexity index is 1140. The molecule has 7 nitrogen and oxygen atoms in total. The molecule has 8 heteroatoms. The van der Waals surface area contributed by atoms with Crippen LogP contribution in [-0.2, 0) is 4.79 Å². The second-order valence-electron chi connectivity index (χ2n) is 7.67. The Morgan fingerprint density at radius 3 is 2.73 bits per heavy atom.